The van der Waals surface area contributed by atoms with Crippen molar-refractivity contribution in [1.29, 1.82) is 0 Å². The van der Waals surface area contributed by atoms with Crippen molar-refractivity contribution in [3.05, 3.63) is 135 Å². The second-order valence-electron chi connectivity index (χ2n) is 6.03. The third kappa shape index (κ3) is 6.19. The summed E-state index contributed by atoms with van der Waals surface area (Å²) in [6, 6.07) is 19.0. The molecule has 2 aromatic rings. The molecule has 2 atom stereocenters. The quantitative estimate of drug-likeness (QED) is 0.757. The van der Waals surface area contributed by atoms with Crippen molar-refractivity contribution in [1.82, 2.24) is 0 Å². The Hall–Kier alpha value is -1.12. The molecule has 27 heavy (non-hydrogen) atoms. The maximum absolute atomic E-state index is 10.5. The largest absolute Gasteiger partial charge is 2.00 e. The van der Waals surface area contributed by atoms with Gasteiger partial charge in [-0.05, 0) is 62.5 Å². The van der Waals surface area contributed by atoms with Gasteiger partial charge in [-0.25, -0.2) is 0 Å². The first-order valence-electron chi connectivity index (χ1n) is 8.65. The van der Waals surface area contributed by atoms with Gasteiger partial charge in [-0.2, -0.15) is 0 Å². The van der Waals surface area contributed by atoms with E-state index in [0.29, 0.717) is 0 Å². The molecular weight excluding hydrogens is 376 g/mol. The molecule has 0 spiro atoms. The van der Waals surface area contributed by atoms with Crippen LogP contribution in [0.4, 0.5) is 0 Å². The summed E-state index contributed by atoms with van der Waals surface area (Å²) < 4.78 is 0. The molecule has 2 aliphatic carbocycles. The summed E-state index contributed by atoms with van der Waals surface area (Å²) in [4.78, 5) is 0. The van der Waals surface area contributed by atoms with Gasteiger partial charge >= 0.3 is 17.1 Å². The van der Waals surface area contributed by atoms with E-state index in [0.717, 1.165) is 23.0 Å². The molecule has 2 aliphatic rings. The van der Waals surface area contributed by atoms with Crippen LogP contribution in [-0.2, 0) is 17.1 Å². The van der Waals surface area contributed by atoms with Crippen molar-refractivity contribution < 1.29 is 27.3 Å². The number of benzene rings is 2. The third-order valence-corrected chi connectivity index (χ3v) is 4.26. The van der Waals surface area contributed by atoms with Crippen molar-refractivity contribution in [2.75, 3.05) is 0 Å². The Balaban J connectivity index is 0.000000379. The van der Waals surface area contributed by atoms with E-state index in [-0.39, 0.29) is 17.1 Å². The van der Waals surface area contributed by atoms with Crippen LogP contribution in [0.2, 0.25) is 0 Å². The number of rotatable bonds is 4. The zero-order valence-corrected chi connectivity index (χ0v) is 15.9. The molecule has 0 heterocycles. The van der Waals surface area contributed by atoms with E-state index in [1.165, 1.54) is 0 Å². The van der Waals surface area contributed by atoms with Gasteiger partial charge in [-0.3, -0.25) is 0 Å². The fraction of sp³-hybridized carbons (Fsp3) is 0.0833. The first kappa shape index (κ1) is 22.2. The van der Waals surface area contributed by atoms with Crippen LogP contribution >= 0.6 is 0 Å². The van der Waals surface area contributed by atoms with Gasteiger partial charge in [0, 0.05) is 11.8 Å². The van der Waals surface area contributed by atoms with E-state index in [1.807, 2.05) is 112 Å². The molecule has 4 rings (SSSR count). The van der Waals surface area contributed by atoms with Crippen molar-refractivity contribution in [3.63, 3.8) is 0 Å². The molecule has 3 heteroatoms. The van der Waals surface area contributed by atoms with E-state index >= 15 is 0 Å². The molecule has 0 aromatic heterocycles. The Morgan fingerprint density at radius 1 is 0.481 bits per heavy atom. The normalized spacial score (nSPS) is 19.6. The Morgan fingerprint density at radius 3 is 1.15 bits per heavy atom. The van der Waals surface area contributed by atoms with Gasteiger partial charge in [0.1, 0.15) is 0 Å². The topological polar surface area (TPSA) is 40.5 Å². The van der Waals surface area contributed by atoms with Crippen LogP contribution in [0.25, 0.3) is 0 Å². The zero-order chi connectivity index (χ0) is 18.2. The molecule has 2 saturated carbocycles. The summed E-state index contributed by atoms with van der Waals surface area (Å²) in [6.45, 7) is 0. The smallest absolute Gasteiger partial charge is 0.388 e. The standard InChI is InChI=1S/C19H17O2.C5H5.Fe/c20-18(14-8-3-1-4-9-14)16-12-7-13-17(16)19(21)15-10-5-2-6-11-15;1-2-4-5-3-1;/h1-13,18-21H;1-5H;/q;;+2/t18-,19+;;. The van der Waals surface area contributed by atoms with Crippen molar-refractivity contribution >= 4 is 0 Å². The first-order valence-corrected chi connectivity index (χ1v) is 8.65. The summed E-state index contributed by atoms with van der Waals surface area (Å²) in [5.41, 5.74) is 1.65. The predicted octanol–water partition coefficient (Wildman–Crippen LogP) is 4.25. The molecule has 10 radical (unpaired) electrons. The van der Waals surface area contributed by atoms with Gasteiger partial charge in [-0.1, -0.05) is 60.7 Å². The van der Waals surface area contributed by atoms with Crippen molar-refractivity contribution in [3.8, 4) is 0 Å². The minimum atomic E-state index is -0.727. The summed E-state index contributed by atoms with van der Waals surface area (Å²) in [5.74, 6) is 1.50. The monoisotopic (exact) mass is 398 g/mol. The second-order valence-corrected chi connectivity index (χ2v) is 6.03. The van der Waals surface area contributed by atoms with Crippen LogP contribution in [-0.4, -0.2) is 10.2 Å². The average molecular weight is 398 g/mol. The van der Waals surface area contributed by atoms with E-state index in [4.69, 9.17) is 0 Å². The number of aliphatic hydroxyl groups excluding tert-OH is 2. The molecule has 2 N–H and O–H groups in total. The van der Waals surface area contributed by atoms with Gasteiger partial charge in [0.25, 0.3) is 0 Å². The maximum Gasteiger partial charge on any atom is 2.00 e. The van der Waals surface area contributed by atoms with E-state index in [2.05, 4.69) is 0 Å². The van der Waals surface area contributed by atoms with E-state index < -0.39 is 12.2 Å². The van der Waals surface area contributed by atoms with Gasteiger partial charge in [0.2, 0.25) is 0 Å². The third-order valence-electron chi connectivity index (χ3n) is 4.26. The van der Waals surface area contributed by atoms with Gasteiger partial charge < -0.3 is 10.2 Å². The Bertz CT molecular complexity index is 568. The molecule has 2 nitrogen and oxygen atoms in total. The predicted molar refractivity (Wildman–Crippen MR) is 104 cm³/mol. The molecule has 0 unspecified atom stereocenters. The minimum absolute atomic E-state index is 0. The van der Waals surface area contributed by atoms with Crippen LogP contribution < -0.4 is 0 Å². The van der Waals surface area contributed by atoms with E-state index in [1.54, 1.807) is 0 Å². The molecule has 136 valence electrons. The molecule has 2 fully saturated rings. The molecular formula is C24H22FeO2+2. The fourth-order valence-corrected chi connectivity index (χ4v) is 2.90. The average Bonchev–Trinajstić information content (AvgIpc) is 3.43. The summed E-state index contributed by atoms with van der Waals surface area (Å²) in [7, 11) is 0. The number of aliphatic hydroxyl groups is 2. The summed E-state index contributed by atoms with van der Waals surface area (Å²) in [5, 5.41) is 21.1. The van der Waals surface area contributed by atoms with Gasteiger partial charge in [-0.15, -0.1) is 0 Å². The Labute approximate surface area is 174 Å². The van der Waals surface area contributed by atoms with Crippen molar-refractivity contribution in [2.24, 2.45) is 0 Å². The molecule has 0 amide bonds. The molecule has 0 saturated heterocycles. The Kier molecular flexibility index (Phi) is 9.58. The van der Waals surface area contributed by atoms with E-state index in [9.17, 15) is 10.2 Å². The summed E-state index contributed by atoms with van der Waals surface area (Å²) >= 11 is 0. The van der Waals surface area contributed by atoms with Crippen LogP contribution in [0.15, 0.2) is 60.7 Å². The van der Waals surface area contributed by atoms with Crippen LogP contribution in [0.3, 0.4) is 0 Å². The maximum atomic E-state index is 10.5. The first-order chi connectivity index (χ1) is 12.8. The number of hydrogen-bond acceptors (Lipinski definition) is 2. The fourth-order valence-electron chi connectivity index (χ4n) is 2.90. The second kappa shape index (κ2) is 11.7. The summed E-state index contributed by atoms with van der Waals surface area (Å²) in [6.07, 6.45) is 14.1. The zero-order valence-electron chi connectivity index (χ0n) is 14.8. The van der Waals surface area contributed by atoms with Gasteiger partial charge in [0.15, 0.2) is 0 Å². The van der Waals surface area contributed by atoms with Crippen LogP contribution in [0.1, 0.15) is 23.3 Å². The Morgan fingerprint density at radius 2 is 0.815 bits per heavy atom. The van der Waals surface area contributed by atoms with Crippen LogP contribution in [0, 0.1) is 63.2 Å². The SMILES string of the molecule is O[C@H]([C]1[CH][CH][CH][C]1[C@H](O)c1ccccc1)c1ccccc1.[CH]1[CH][CH][CH][CH]1.[Fe+2]. The molecule has 0 bridgehead atoms. The van der Waals surface area contributed by atoms with Gasteiger partial charge in [0.05, 0.1) is 12.2 Å². The number of hydrogen-bond donors (Lipinski definition) is 2. The molecule has 0 aliphatic heterocycles. The molecule has 2 aromatic carbocycles. The van der Waals surface area contributed by atoms with Crippen LogP contribution in [0.5, 0.6) is 0 Å². The van der Waals surface area contributed by atoms with Crippen molar-refractivity contribution in [2.45, 2.75) is 12.2 Å². The minimum Gasteiger partial charge on any atom is -0.388 e.